The van der Waals surface area contributed by atoms with E-state index in [4.69, 9.17) is 5.84 Å². The van der Waals surface area contributed by atoms with E-state index in [1.165, 1.54) is 0 Å². The van der Waals surface area contributed by atoms with Crippen LogP contribution in [0.25, 0.3) is 10.8 Å². The van der Waals surface area contributed by atoms with E-state index in [0.29, 0.717) is 5.96 Å². The van der Waals surface area contributed by atoms with Crippen LogP contribution in [-0.2, 0) is 0 Å². The van der Waals surface area contributed by atoms with Crippen LogP contribution in [0.1, 0.15) is 13.8 Å². The van der Waals surface area contributed by atoms with Crippen molar-refractivity contribution < 1.29 is 0 Å². The lowest BCUT2D eigenvalue weighted by Crippen LogP contribution is -2.37. The number of anilines is 1. The third kappa shape index (κ3) is 2.75. The Labute approximate surface area is 106 Å². The molecule has 1 aromatic heterocycles. The number of aromatic nitrogens is 1. The molecular formula is C13H17N5. The van der Waals surface area contributed by atoms with Gasteiger partial charge in [0.25, 0.3) is 0 Å². The molecule has 0 saturated carbocycles. The monoisotopic (exact) mass is 243 g/mol. The molecule has 5 heteroatoms. The Kier molecular flexibility index (Phi) is 3.74. The Balaban J connectivity index is 2.37. The molecule has 2 rings (SSSR count). The van der Waals surface area contributed by atoms with E-state index in [0.717, 1.165) is 16.5 Å². The van der Waals surface area contributed by atoms with Crippen molar-refractivity contribution in [2.45, 2.75) is 19.9 Å². The van der Waals surface area contributed by atoms with E-state index in [-0.39, 0.29) is 6.04 Å². The molecule has 5 nitrogen and oxygen atoms in total. The zero-order chi connectivity index (χ0) is 13.0. The van der Waals surface area contributed by atoms with Gasteiger partial charge >= 0.3 is 0 Å². The fourth-order valence-corrected chi connectivity index (χ4v) is 1.72. The molecule has 1 heterocycles. The van der Waals surface area contributed by atoms with E-state index in [1.54, 1.807) is 6.20 Å². The van der Waals surface area contributed by atoms with Gasteiger partial charge in [-0.3, -0.25) is 10.4 Å². The zero-order valence-corrected chi connectivity index (χ0v) is 10.5. The third-order valence-corrected chi connectivity index (χ3v) is 2.46. The number of nitrogens with zero attached hydrogens (tertiary/aromatic N) is 2. The lowest BCUT2D eigenvalue weighted by Gasteiger charge is -2.12. The highest BCUT2D eigenvalue weighted by Crippen LogP contribution is 2.21. The number of aliphatic imine (C=N–C) groups is 1. The SMILES string of the molecule is CC(C)N=C(NN)Nc1cccc2cnccc12. The molecule has 0 atom stereocenters. The summed E-state index contributed by atoms with van der Waals surface area (Å²) in [7, 11) is 0. The van der Waals surface area contributed by atoms with Crippen molar-refractivity contribution in [2.24, 2.45) is 10.8 Å². The number of hydrazine groups is 1. The molecule has 0 aliphatic heterocycles. The molecule has 1 aromatic carbocycles. The minimum absolute atomic E-state index is 0.167. The predicted molar refractivity (Wildman–Crippen MR) is 75.3 cm³/mol. The van der Waals surface area contributed by atoms with Crippen LogP contribution in [-0.4, -0.2) is 17.0 Å². The molecular weight excluding hydrogens is 226 g/mol. The van der Waals surface area contributed by atoms with E-state index >= 15 is 0 Å². The summed E-state index contributed by atoms with van der Waals surface area (Å²) < 4.78 is 0. The van der Waals surface area contributed by atoms with Crippen molar-refractivity contribution in [3.63, 3.8) is 0 Å². The molecule has 94 valence electrons. The minimum Gasteiger partial charge on any atom is -0.325 e. The van der Waals surface area contributed by atoms with Crippen molar-refractivity contribution in [3.05, 3.63) is 36.7 Å². The molecule has 18 heavy (non-hydrogen) atoms. The van der Waals surface area contributed by atoms with E-state index < -0.39 is 0 Å². The predicted octanol–water partition coefficient (Wildman–Crippen LogP) is 1.87. The molecule has 0 radical (unpaired) electrons. The standard InChI is InChI=1S/C13H17N5/c1-9(2)16-13(18-14)17-12-5-3-4-10-8-15-7-6-11(10)12/h3-9H,14H2,1-2H3,(H2,16,17,18). The summed E-state index contributed by atoms with van der Waals surface area (Å²) in [6.45, 7) is 3.98. The molecule has 0 amide bonds. The highest BCUT2D eigenvalue weighted by molar-refractivity contribution is 6.02. The van der Waals surface area contributed by atoms with Crippen LogP contribution in [0.15, 0.2) is 41.7 Å². The van der Waals surface area contributed by atoms with Gasteiger partial charge in [-0.1, -0.05) is 12.1 Å². The number of guanidine groups is 1. The normalized spacial score (nSPS) is 11.9. The van der Waals surface area contributed by atoms with Gasteiger partial charge < -0.3 is 5.32 Å². The maximum absolute atomic E-state index is 5.46. The minimum atomic E-state index is 0.167. The van der Waals surface area contributed by atoms with Gasteiger partial charge in [0.2, 0.25) is 5.96 Å². The van der Waals surface area contributed by atoms with Crippen molar-refractivity contribution in [3.8, 4) is 0 Å². The fourth-order valence-electron chi connectivity index (χ4n) is 1.72. The van der Waals surface area contributed by atoms with Crippen molar-refractivity contribution in [1.82, 2.24) is 10.4 Å². The number of rotatable bonds is 2. The fraction of sp³-hybridized carbons (Fsp3) is 0.231. The van der Waals surface area contributed by atoms with Gasteiger partial charge in [0.15, 0.2) is 0 Å². The van der Waals surface area contributed by atoms with E-state index in [9.17, 15) is 0 Å². The van der Waals surface area contributed by atoms with Gasteiger partial charge in [0.05, 0.1) is 0 Å². The number of benzene rings is 1. The summed E-state index contributed by atoms with van der Waals surface area (Å²) in [4.78, 5) is 8.45. The summed E-state index contributed by atoms with van der Waals surface area (Å²) in [6.07, 6.45) is 3.60. The van der Waals surface area contributed by atoms with E-state index in [1.807, 2.05) is 44.3 Å². The maximum atomic E-state index is 5.46. The lowest BCUT2D eigenvalue weighted by atomic mass is 10.1. The molecule has 0 bridgehead atoms. The smallest absolute Gasteiger partial charge is 0.210 e. The Morgan fingerprint density at radius 1 is 1.33 bits per heavy atom. The molecule has 0 spiro atoms. The summed E-state index contributed by atoms with van der Waals surface area (Å²) in [5.74, 6) is 6.01. The molecule has 0 aliphatic carbocycles. The van der Waals surface area contributed by atoms with Crippen LogP contribution in [0.3, 0.4) is 0 Å². The maximum Gasteiger partial charge on any atom is 0.210 e. The first-order valence-electron chi connectivity index (χ1n) is 5.85. The molecule has 0 aliphatic rings. The van der Waals surface area contributed by atoms with Crippen LogP contribution in [0.2, 0.25) is 0 Å². The first kappa shape index (κ1) is 12.3. The number of fused-ring (bicyclic) bond motifs is 1. The molecule has 2 aromatic rings. The molecule has 4 N–H and O–H groups in total. The van der Waals surface area contributed by atoms with Gasteiger partial charge in [-0.05, 0) is 26.0 Å². The van der Waals surface area contributed by atoms with Crippen LogP contribution in [0.4, 0.5) is 5.69 Å². The van der Waals surface area contributed by atoms with Gasteiger partial charge in [0, 0.05) is 34.9 Å². The van der Waals surface area contributed by atoms with Gasteiger partial charge in [-0.25, -0.2) is 10.8 Å². The highest BCUT2D eigenvalue weighted by Gasteiger charge is 2.03. The zero-order valence-electron chi connectivity index (χ0n) is 10.5. The second-order valence-electron chi connectivity index (χ2n) is 4.24. The Morgan fingerprint density at radius 3 is 2.89 bits per heavy atom. The highest BCUT2D eigenvalue weighted by atomic mass is 15.3. The van der Waals surface area contributed by atoms with Crippen molar-refractivity contribution in [1.29, 1.82) is 0 Å². The van der Waals surface area contributed by atoms with Gasteiger partial charge in [0.1, 0.15) is 0 Å². The van der Waals surface area contributed by atoms with E-state index in [2.05, 4.69) is 20.7 Å². The molecule has 0 fully saturated rings. The van der Waals surface area contributed by atoms with Crippen molar-refractivity contribution >= 4 is 22.4 Å². The third-order valence-electron chi connectivity index (χ3n) is 2.46. The number of nitrogens with one attached hydrogen (secondary N) is 2. The number of hydrogen-bond acceptors (Lipinski definition) is 3. The molecule has 0 saturated heterocycles. The first-order valence-corrected chi connectivity index (χ1v) is 5.85. The average molecular weight is 243 g/mol. The first-order chi connectivity index (χ1) is 8.70. The number of pyridine rings is 1. The van der Waals surface area contributed by atoms with Crippen LogP contribution >= 0.6 is 0 Å². The summed E-state index contributed by atoms with van der Waals surface area (Å²) >= 11 is 0. The summed E-state index contributed by atoms with van der Waals surface area (Å²) in [5, 5.41) is 5.34. The number of nitrogens with two attached hydrogens (primary N) is 1. The average Bonchev–Trinajstić information content (AvgIpc) is 2.38. The van der Waals surface area contributed by atoms with Crippen molar-refractivity contribution in [2.75, 3.05) is 5.32 Å². The topological polar surface area (TPSA) is 75.3 Å². The van der Waals surface area contributed by atoms with Crippen LogP contribution in [0, 0.1) is 0 Å². The number of hydrogen-bond donors (Lipinski definition) is 3. The lowest BCUT2D eigenvalue weighted by molar-refractivity contribution is 0.819. The Hall–Kier alpha value is -2.14. The second-order valence-corrected chi connectivity index (χ2v) is 4.24. The second kappa shape index (κ2) is 5.46. The van der Waals surface area contributed by atoms with Gasteiger partial charge in [-0.2, -0.15) is 0 Å². The van der Waals surface area contributed by atoms with Gasteiger partial charge in [-0.15, -0.1) is 0 Å². The summed E-state index contributed by atoms with van der Waals surface area (Å²) in [6, 6.07) is 8.09. The van der Waals surface area contributed by atoms with Crippen LogP contribution < -0.4 is 16.6 Å². The largest absolute Gasteiger partial charge is 0.325 e. The Bertz CT molecular complexity index is 557. The summed E-state index contributed by atoms with van der Waals surface area (Å²) in [5.41, 5.74) is 3.52. The Morgan fingerprint density at radius 2 is 2.17 bits per heavy atom. The molecule has 0 unspecified atom stereocenters. The quantitative estimate of drug-likeness (QED) is 0.326. The van der Waals surface area contributed by atoms with Crippen LogP contribution in [0.5, 0.6) is 0 Å².